The van der Waals surface area contributed by atoms with Crippen LogP contribution in [0.5, 0.6) is 0 Å². The first-order chi connectivity index (χ1) is 10.9. The Kier molecular flexibility index (Phi) is 5.02. The molecule has 2 rings (SSSR count). The van der Waals surface area contributed by atoms with Crippen molar-refractivity contribution < 1.29 is 23.5 Å². The number of thioether (sulfide) groups is 1. The van der Waals surface area contributed by atoms with Gasteiger partial charge in [0.2, 0.25) is 5.91 Å². The minimum Gasteiger partial charge on any atom is -0.481 e. The third-order valence-corrected chi connectivity index (χ3v) is 3.79. The van der Waals surface area contributed by atoms with Crippen LogP contribution >= 0.6 is 11.8 Å². The number of hydrogen-bond acceptors (Lipinski definition) is 6. The molecule has 0 radical (unpaired) electrons. The van der Waals surface area contributed by atoms with Gasteiger partial charge in [-0.1, -0.05) is 11.8 Å². The van der Waals surface area contributed by atoms with E-state index in [-0.39, 0.29) is 17.2 Å². The van der Waals surface area contributed by atoms with E-state index in [0.717, 1.165) is 30.1 Å². The number of nitriles is 1. The van der Waals surface area contributed by atoms with Gasteiger partial charge in [-0.2, -0.15) is 10.4 Å². The predicted molar refractivity (Wildman–Crippen MR) is 77.9 cm³/mol. The fourth-order valence-electron chi connectivity index (χ4n) is 1.64. The van der Waals surface area contributed by atoms with Crippen molar-refractivity contribution >= 4 is 35.0 Å². The van der Waals surface area contributed by atoms with Crippen LogP contribution in [0.2, 0.25) is 0 Å². The van der Waals surface area contributed by atoms with Crippen molar-refractivity contribution in [3.8, 4) is 6.07 Å². The highest BCUT2D eigenvalue weighted by atomic mass is 32.2. The van der Waals surface area contributed by atoms with E-state index in [9.17, 15) is 18.4 Å². The molecule has 1 amide bonds. The summed E-state index contributed by atoms with van der Waals surface area (Å²) in [5, 5.41) is 25.9. The predicted octanol–water partition coefficient (Wildman–Crippen LogP) is 1.23. The smallest absolute Gasteiger partial charge is 0.305 e. The fraction of sp³-hybridized carbons (Fsp3) is 0.154. The summed E-state index contributed by atoms with van der Waals surface area (Å²) < 4.78 is 27.0. The maximum Gasteiger partial charge on any atom is 0.305 e. The lowest BCUT2D eigenvalue weighted by Gasteiger charge is -1.98. The van der Waals surface area contributed by atoms with Gasteiger partial charge in [0.15, 0.2) is 16.8 Å². The normalized spacial score (nSPS) is 19.1. The van der Waals surface area contributed by atoms with Crippen LogP contribution in [0.1, 0.15) is 17.5 Å². The lowest BCUT2D eigenvalue weighted by atomic mass is 10.1. The van der Waals surface area contributed by atoms with Gasteiger partial charge in [-0.25, -0.2) is 8.78 Å². The van der Waals surface area contributed by atoms with Crippen molar-refractivity contribution in [1.29, 1.82) is 5.26 Å². The van der Waals surface area contributed by atoms with Gasteiger partial charge >= 0.3 is 5.97 Å². The number of nitrogens with zero attached hydrogens (tertiary/aromatic N) is 3. The van der Waals surface area contributed by atoms with Crippen LogP contribution in [0.4, 0.5) is 8.78 Å². The van der Waals surface area contributed by atoms with Crippen LogP contribution in [0.15, 0.2) is 22.3 Å². The fourth-order valence-corrected chi connectivity index (χ4v) is 2.55. The highest BCUT2D eigenvalue weighted by Crippen LogP contribution is 2.22. The first-order valence-corrected chi connectivity index (χ1v) is 6.98. The maximum atomic E-state index is 13.6. The van der Waals surface area contributed by atoms with Crippen LogP contribution in [0, 0.1) is 23.0 Å². The number of amidine groups is 1. The number of rotatable bonds is 4. The molecular formula is C13H8F2N4O3S. The molecule has 23 heavy (non-hydrogen) atoms. The summed E-state index contributed by atoms with van der Waals surface area (Å²) in [4.78, 5) is 22.0. The average molecular weight is 338 g/mol. The van der Waals surface area contributed by atoms with E-state index < -0.39 is 34.3 Å². The molecule has 0 aliphatic carbocycles. The second-order valence-corrected chi connectivity index (χ2v) is 5.48. The Labute approximate surface area is 132 Å². The summed E-state index contributed by atoms with van der Waals surface area (Å²) in [5.41, 5.74) is -0.650. The Bertz CT molecular complexity index is 773. The lowest BCUT2D eigenvalue weighted by Crippen LogP contribution is -2.26. The van der Waals surface area contributed by atoms with Gasteiger partial charge < -0.3 is 10.4 Å². The molecule has 1 aliphatic rings. The van der Waals surface area contributed by atoms with Crippen LogP contribution in [-0.4, -0.2) is 33.6 Å². The molecule has 0 bridgehead atoms. The van der Waals surface area contributed by atoms with Gasteiger partial charge in [0.25, 0.3) is 0 Å². The molecule has 1 saturated heterocycles. The van der Waals surface area contributed by atoms with Gasteiger partial charge in [0.05, 0.1) is 18.2 Å². The van der Waals surface area contributed by atoms with Crippen LogP contribution in [-0.2, 0) is 9.59 Å². The summed E-state index contributed by atoms with van der Waals surface area (Å²) in [6.07, 6.45) is 0.554. The van der Waals surface area contributed by atoms with Crippen LogP contribution < -0.4 is 5.32 Å². The molecule has 118 valence electrons. The Balaban J connectivity index is 2.11. The van der Waals surface area contributed by atoms with Gasteiger partial charge in [0, 0.05) is 5.56 Å². The van der Waals surface area contributed by atoms with Gasteiger partial charge in [0.1, 0.15) is 11.3 Å². The van der Waals surface area contributed by atoms with Crippen molar-refractivity contribution in [1.82, 2.24) is 5.32 Å². The highest BCUT2D eigenvalue weighted by Gasteiger charge is 2.32. The molecule has 1 aromatic rings. The number of hydrogen-bond donors (Lipinski definition) is 2. The quantitative estimate of drug-likeness (QED) is 0.633. The zero-order valence-corrected chi connectivity index (χ0v) is 12.1. The molecule has 0 saturated carbocycles. The van der Waals surface area contributed by atoms with Crippen molar-refractivity contribution in [2.75, 3.05) is 0 Å². The molecule has 10 heteroatoms. The topological polar surface area (TPSA) is 115 Å². The van der Waals surface area contributed by atoms with E-state index in [1.165, 1.54) is 6.07 Å². The number of benzene rings is 1. The third kappa shape index (κ3) is 3.89. The van der Waals surface area contributed by atoms with E-state index >= 15 is 0 Å². The Morgan fingerprint density at radius 1 is 1.48 bits per heavy atom. The number of nitrogens with one attached hydrogen (secondary N) is 1. The number of carbonyl (C=O) groups is 2. The first kappa shape index (κ1) is 16.6. The van der Waals surface area contributed by atoms with Crippen molar-refractivity contribution in [2.24, 2.45) is 10.2 Å². The monoisotopic (exact) mass is 338 g/mol. The molecule has 1 fully saturated rings. The zero-order valence-electron chi connectivity index (χ0n) is 11.3. The number of carboxylic acid groups (broad SMARTS) is 1. The third-order valence-electron chi connectivity index (χ3n) is 2.71. The Morgan fingerprint density at radius 2 is 2.22 bits per heavy atom. The SMILES string of the molecule is N#Cc1ccc(C=NN=C2NC(=O)C(CC(=O)O)S2)c(F)c1F. The molecule has 0 spiro atoms. The molecule has 1 heterocycles. The summed E-state index contributed by atoms with van der Waals surface area (Å²) in [5.74, 6) is -4.16. The van der Waals surface area contributed by atoms with E-state index in [2.05, 4.69) is 15.5 Å². The first-order valence-electron chi connectivity index (χ1n) is 6.10. The van der Waals surface area contributed by atoms with Gasteiger partial charge in [-0.3, -0.25) is 9.59 Å². The van der Waals surface area contributed by atoms with Gasteiger partial charge in [-0.15, -0.1) is 5.10 Å². The van der Waals surface area contributed by atoms with Crippen molar-refractivity contribution in [2.45, 2.75) is 11.7 Å². The Morgan fingerprint density at radius 3 is 2.87 bits per heavy atom. The molecule has 7 nitrogen and oxygen atoms in total. The lowest BCUT2D eigenvalue weighted by molar-refractivity contribution is -0.138. The summed E-state index contributed by atoms with van der Waals surface area (Å²) >= 11 is 0.880. The average Bonchev–Trinajstić information content (AvgIpc) is 2.83. The second kappa shape index (κ2) is 6.97. The molecule has 2 N–H and O–H groups in total. The van der Waals surface area contributed by atoms with E-state index in [1.54, 1.807) is 0 Å². The van der Waals surface area contributed by atoms with Crippen LogP contribution in [0.25, 0.3) is 0 Å². The molecule has 0 aromatic heterocycles. The Hall–Kier alpha value is -2.80. The minimum atomic E-state index is -1.28. The highest BCUT2D eigenvalue weighted by molar-refractivity contribution is 8.15. The molecule has 1 atom stereocenters. The standard InChI is InChI=1S/C13H8F2N4O3S/c14-10-6(4-16)1-2-7(11(10)15)5-17-19-13-18-12(22)8(23-13)3-9(20)21/h1-2,5,8H,3H2,(H,20,21)(H,18,19,22). The van der Waals surface area contributed by atoms with E-state index in [4.69, 9.17) is 10.4 Å². The van der Waals surface area contributed by atoms with Gasteiger partial charge in [-0.05, 0) is 12.1 Å². The maximum absolute atomic E-state index is 13.6. The zero-order chi connectivity index (χ0) is 17.0. The number of carbonyl (C=O) groups excluding carboxylic acids is 1. The van der Waals surface area contributed by atoms with Crippen LogP contribution in [0.3, 0.4) is 0 Å². The second-order valence-electron chi connectivity index (χ2n) is 4.29. The minimum absolute atomic E-state index is 0.0621. The summed E-state index contributed by atoms with van der Waals surface area (Å²) in [6.45, 7) is 0. The number of amides is 1. The van der Waals surface area contributed by atoms with Crippen molar-refractivity contribution in [3.05, 3.63) is 34.9 Å². The number of carboxylic acids is 1. The molecule has 1 aliphatic heterocycles. The summed E-state index contributed by atoms with van der Waals surface area (Å²) in [6, 6.07) is 3.76. The summed E-state index contributed by atoms with van der Waals surface area (Å²) in [7, 11) is 0. The van der Waals surface area contributed by atoms with Crippen molar-refractivity contribution in [3.63, 3.8) is 0 Å². The number of aliphatic carboxylic acids is 1. The number of halogens is 2. The molecule has 1 aromatic carbocycles. The molecule has 1 unspecified atom stereocenters. The molecular weight excluding hydrogens is 330 g/mol. The largest absolute Gasteiger partial charge is 0.481 e. The van der Waals surface area contributed by atoms with E-state index in [0.29, 0.717) is 0 Å². The van der Waals surface area contributed by atoms with E-state index in [1.807, 2.05) is 0 Å².